The van der Waals surface area contributed by atoms with Gasteiger partial charge in [-0.2, -0.15) is 5.10 Å². The minimum absolute atomic E-state index is 0.161. The molecule has 0 fully saturated rings. The van der Waals surface area contributed by atoms with Crippen molar-refractivity contribution in [1.82, 2.24) is 0 Å². The van der Waals surface area contributed by atoms with Gasteiger partial charge in [0.05, 0.1) is 12.3 Å². The predicted octanol–water partition coefficient (Wildman–Crippen LogP) is 2.53. The summed E-state index contributed by atoms with van der Waals surface area (Å²) in [4.78, 5) is 23.5. The Bertz CT molecular complexity index is 478. The van der Waals surface area contributed by atoms with Crippen molar-refractivity contribution in [2.24, 2.45) is 5.10 Å². The van der Waals surface area contributed by atoms with Gasteiger partial charge in [-0.3, -0.25) is 10.2 Å². The van der Waals surface area contributed by atoms with Gasteiger partial charge in [0.15, 0.2) is 5.78 Å². The first-order valence-electron chi connectivity index (χ1n) is 6.38. The average Bonchev–Trinajstić information content (AvgIpc) is 2.42. The van der Waals surface area contributed by atoms with E-state index in [0.29, 0.717) is 12.1 Å². The minimum atomic E-state index is -0.763. The van der Waals surface area contributed by atoms with Crippen LogP contribution in [0.15, 0.2) is 29.4 Å². The highest BCUT2D eigenvalue weighted by Gasteiger charge is 2.21. The monoisotopic (exact) mass is 280 g/mol. The third kappa shape index (κ3) is 4.79. The van der Waals surface area contributed by atoms with Gasteiger partial charge in [0, 0.05) is 6.42 Å². The van der Waals surface area contributed by atoms with Crippen LogP contribution in [0.2, 0.25) is 0 Å². The van der Waals surface area contributed by atoms with Crippen LogP contribution in [0.5, 0.6) is 0 Å². The Morgan fingerprint density at radius 3 is 2.45 bits per heavy atom. The van der Waals surface area contributed by atoms with Gasteiger partial charge in [-0.1, -0.05) is 6.92 Å². The molecular formula is C14H17FN2O3. The number of ether oxygens (including phenoxy) is 1. The molecule has 6 heteroatoms. The quantitative estimate of drug-likeness (QED) is 0.361. The van der Waals surface area contributed by atoms with Gasteiger partial charge in [-0.25, -0.2) is 9.18 Å². The van der Waals surface area contributed by atoms with Crippen molar-refractivity contribution < 1.29 is 18.7 Å². The molecule has 0 saturated heterocycles. The van der Waals surface area contributed by atoms with E-state index in [9.17, 15) is 14.0 Å². The van der Waals surface area contributed by atoms with E-state index in [1.807, 2.05) is 6.92 Å². The van der Waals surface area contributed by atoms with Crippen molar-refractivity contribution in [2.75, 3.05) is 12.0 Å². The number of benzene rings is 1. The van der Waals surface area contributed by atoms with E-state index in [0.717, 1.165) is 0 Å². The number of esters is 1. The summed E-state index contributed by atoms with van der Waals surface area (Å²) in [5, 5.41) is 3.78. The number of carbonyl (C=O) groups excluding carboxylic acids is 2. The Morgan fingerprint density at radius 2 is 1.90 bits per heavy atom. The Labute approximate surface area is 116 Å². The zero-order valence-electron chi connectivity index (χ0n) is 11.5. The highest BCUT2D eigenvalue weighted by Crippen LogP contribution is 2.08. The largest absolute Gasteiger partial charge is 0.461 e. The van der Waals surface area contributed by atoms with Crippen LogP contribution in [-0.2, 0) is 14.3 Å². The van der Waals surface area contributed by atoms with Crippen molar-refractivity contribution in [1.29, 1.82) is 0 Å². The molecule has 5 nitrogen and oxygen atoms in total. The van der Waals surface area contributed by atoms with Crippen LogP contribution >= 0.6 is 0 Å². The lowest BCUT2D eigenvalue weighted by Crippen LogP contribution is -2.27. The molecule has 1 rings (SSSR count). The number of Topliss-reactive ketones (excluding diaryl/α,β-unsaturated/α-hetero) is 1. The standard InChI is InChI=1S/C14H17FN2O3/c1-3-5-12(18)13(14(19)20-4-2)17-16-11-8-6-10(15)7-9-11/h6-9,16H,3-5H2,1-2H3. The van der Waals surface area contributed by atoms with Crippen molar-refractivity contribution in [3.63, 3.8) is 0 Å². The number of rotatable bonds is 7. The lowest BCUT2D eigenvalue weighted by Gasteiger charge is -2.06. The minimum Gasteiger partial charge on any atom is -0.461 e. The second-order valence-electron chi connectivity index (χ2n) is 3.97. The normalized spacial score (nSPS) is 11.1. The molecule has 0 aliphatic rings. The summed E-state index contributed by atoms with van der Waals surface area (Å²) in [6.07, 6.45) is 0.816. The second-order valence-corrected chi connectivity index (χ2v) is 3.97. The van der Waals surface area contributed by atoms with Crippen molar-refractivity contribution in [3.8, 4) is 0 Å². The Balaban J connectivity index is 2.86. The lowest BCUT2D eigenvalue weighted by molar-refractivity contribution is -0.135. The van der Waals surface area contributed by atoms with Crippen LogP contribution in [-0.4, -0.2) is 24.1 Å². The van der Waals surface area contributed by atoms with E-state index >= 15 is 0 Å². The summed E-state index contributed by atoms with van der Waals surface area (Å²) in [6.45, 7) is 3.63. The fraction of sp³-hybridized carbons (Fsp3) is 0.357. The summed E-state index contributed by atoms with van der Waals surface area (Å²) < 4.78 is 17.5. The molecule has 0 amide bonds. The molecule has 0 spiro atoms. The molecule has 108 valence electrons. The van der Waals surface area contributed by atoms with E-state index < -0.39 is 5.97 Å². The molecule has 1 aromatic carbocycles. The van der Waals surface area contributed by atoms with Gasteiger partial charge in [0.1, 0.15) is 5.82 Å². The molecule has 0 radical (unpaired) electrons. The fourth-order valence-corrected chi connectivity index (χ4v) is 1.41. The zero-order valence-corrected chi connectivity index (χ0v) is 11.5. The summed E-state index contributed by atoms with van der Waals surface area (Å²) in [5.74, 6) is -1.53. The number of hydrazone groups is 1. The summed E-state index contributed by atoms with van der Waals surface area (Å²) >= 11 is 0. The molecule has 20 heavy (non-hydrogen) atoms. The molecule has 1 aromatic rings. The Hall–Kier alpha value is -2.24. The maximum Gasteiger partial charge on any atom is 0.362 e. The van der Waals surface area contributed by atoms with Crippen LogP contribution in [0.4, 0.5) is 10.1 Å². The van der Waals surface area contributed by atoms with Crippen molar-refractivity contribution in [2.45, 2.75) is 26.7 Å². The molecule has 0 aliphatic carbocycles. The zero-order chi connectivity index (χ0) is 15.0. The van der Waals surface area contributed by atoms with Crippen LogP contribution in [0.25, 0.3) is 0 Å². The molecular weight excluding hydrogens is 263 g/mol. The Morgan fingerprint density at radius 1 is 1.25 bits per heavy atom. The Kier molecular flexibility index (Phi) is 6.36. The topological polar surface area (TPSA) is 67.8 Å². The maximum absolute atomic E-state index is 12.8. The van der Waals surface area contributed by atoms with Crippen LogP contribution in [0.1, 0.15) is 26.7 Å². The summed E-state index contributed by atoms with van der Waals surface area (Å²) in [5.41, 5.74) is 2.74. The third-order valence-electron chi connectivity index (χ3n) is 2.35. The number of nitrogens with one attached hydrogen (secondary N) is 1. The van der Waals surface area contributed by atoms with Crippen LogP contribution < -0.4 is 5.43 Å². The molecule has 0 bridgehead atoms. The van der Waals surface area contributed by atoms with Crippen LogP contribution in [0.3, 0.4) is 0 Å². The van der Waals surface area contributed by atoms with E-state index in [-0.39, 0.29) is 30.3 Å². The van der Waals surface area contributed by atoms with E-state index in [4.69, 9.17) is 4.74 Å². The van der Waals surface area contributed by atoms with E-state index in [1.54, 1.807) is 6.92 Å². The van der Waals surface area contributed by atoms with Gasteiger partial charge >= 0.3 is 5.97 Å². The van der Waals surface area contributed by atoms with E-state index in [2.05, 4.69) is 10.5 Å². The second kappa shape index (κ2) is 8.04. The third-order valence-corrected chi connectivity index (χ3v) is 2.35. The first-order valence-corrected chi connectivity index (χ1v) is 6.38. The first kappa shape index (κ1) is 15.8. The molecule has 0 aromatic heterocycles. The highest BCUT2D eigenvalue weighted by atomic mass is 19.1. The molecule has 1 N–H and O–H groups in total. The van der Waals surface area contributed by atoms with E-state index in [1.165, 1.54) is 24.3 Å². The SMILES string of the molecule is CCCC(=O)C(=NNc1ccc(F)cc1)C(=O)OCC. The number of carbonyl (C=O) groups is 2. The summed E-state index contributed by atoms with van der Waals surface area (Å²) in [6, 6.07) is 5.39. The molecule has 0 atom stereocenters. The molecule has 0 saturated carbocycles. The number of hydrogen-bond donors (Lipinski definition) is 1. The maximum atomic E-state index is 12.8. The van der Waals surface area contributed by atoms with Crippen molar-refractivity contribution >= 4 is 23.2 Å². The molecule has 0 aliphatic heterocycles. The number of halogens is 1. The lowest BCUT2D eigenvalue weighted by atomic mass is 10.1. The number of nitrogens with zero attached hydrogens (tertiary/aromatic N) is 1. The highest BCUT2D eigenvalue weighted by molar-refractivity contribution is 6.64. The first-order chi connectivity index (χ1) is 9.58. The molecule has 0 unspecified atom stereocenters. The van der Waals surface area contributed by atoms with Gasteiger partial charge < -0.3 is 4.74 Å². The fourth-order valence-electron chi connectivity index (χ4n) is 1.41. The average molecular weight is 280 g/mol. The van der Waals surface area contributed by atoms with Gasteiger partial charge in [0.25, 0.3) is 0 Å². The van der Waals surface area contributed by atoms with Gasteiger partial charge in [-0.15, -0.1) is 0 Å². The number of hydrogen-bond acceptors (Lipinski definition) is 5. The van der Waals surface area contributed by atoms with Gasteiger partial charge in [-0.05, 0) is 37.6 Å². The number of ketones is 1. The van der Waals surface area contributed by atoms with Gasteiger partial charge in [0.2, 0.25) is 5.71 Å². The van der Waals surface area contributed by atoms with Crippen LogP contribution in [0, 0.1) is 5.82 Å². The smallest absolute Gasteiger partial charge is 0.362 e. The van der Waals surface area contributed by atoms with Crippen molar-refractivity contribution in [3.05, 3.63) is 30.1 Å². The summed E-state index contributed by atoms with van der Waals surface area (Å²) in [7, 11) is 0. The predicted molar refractivity (Wildman–Crippen MR) is 74.0 cm³/mol. The molecule has 0 heterocycles. The number of anilines is 1.